The molecular weight excluding hydrogens is 374 g/mol. The van der Waals surface area contributed by atoms with Crippen molar-refractivity contribution in [3.8, 4) is 11.8 Å². The number of aromatic nitrogens is 1. The molecule has 0 bridgehead atoms. The summed E-state index contributed by atoms with van der Waals surface area (Å²) in [6.07, 6.45) is 0.153. The van der Waals surface area contributed by atoms with Gasteiger partial charge in [0.15, 0.2) is 6.61 Å². The summed E-state index contributed by atoms with van der Waals surface area (Å²) in [5.74, 6) is 1.59. The Bertz CT molecular complexity index is 729. The second kappa shape index (κ2) is 7.24. The second-order valence-electron chi connectivity index (χ2n) is 5.78. The maximum Gasteiger partial charge on any atom is 0.236 e. The molecule has 0 N–H and O–H groups in total. The first-order valence-corrected chi connectivity index (χ1v) is 8.53. The quantitative estimate of drug-likeness (QED) is 0.793. The van der Waals surface area contributed by atoms with Crippen molar-refractivity contribution in [1.82, 2.24) is 4.98 Å². The molecule has 2 aromatic rings. The molecule has 6 nitrogen and oxygen atoms in total. The van der Waals surface area contributed by atoms with E-state index in [2.05, 4.69) is 27.0 Å². The van der Waals surface area contributed by atoms with Crippen LogP contribution in [0.25, 0.3) is 0 Å². The molecule has 3 rings (SSSR count). The Labute approximate surface area is 149 Å². The van der Waals surface area contributed by atoms with Crippen molar-refractivity contribution in [3.63, 3.8) is 0 Å². The molecule has 7 heteroatoms. The fraction of sp³-hybridized carbons (Fsp3) is 0.412. The highest BCUT2D eigenvalue weighted by Crippen LogP contribution is 2.26. The minimum absolute atomic E-state index is 0.0767. The summed E-state index contributed by atoms with van der Waals surface area (Å²) >= 11 is 3.38. The average molecular weight is 392 g/mol. The molecule has 1 aromatic carbocycles. The maximum absolute atomic E-state index is 9.33. The first-order valence-electron chi connectivity index (χ1n) is 7.73. The van der Waals surface area contributed by atoms with E-state index < -0.39 is 0 Å². The molecule has 1 fully saturated rings. The molecule has 0 amide bonds. The van der Waals surface area contributed by atoms with Crippen molar-refractivity contribution < 1.29 is 13.9 Å². The minimum atomic E-state index is 0.0767. The van der Waals surface area contributed by atoms with E-state index in [0.29, 0.717) is 30.6 Å². The van der Waals surface area contributed by atoms with Gasteiger partial charge in [0.25, 0.3) is 0 Å². The van der Waals surface area contributed by atoms with Crippen molar-refractivity contribution in [2.24, 2.45) is 0 Å². The summed E-state index contributed by atoms with van der Waals surface area (Å²) in [6.45, 7) is 5.51. The van der Waals surface area contributed by atoms with E-state index in [0.717, 1.165) is 4.47 Å². The third-order valence-corrected chi connectivity index (χ3v) is 4.17. The van der Waals surface area contributed by atoms with Gasteiger partial charge in [-0.15, -0.1) is 0 Å². The van der Waals surface area contributed by atoms with Gasteiger partial charge in [0.1, 0.15) is 11.8 Å². The lowest BCUT2D eigenvalue weighted by atomic mass is 10.2. The molecule has 0 spiro atoms. The minimum Gasteiger partial charge on any atom is -0.484 e. The Morgan fingerprint density at radius 1 is 1.29 bits per heavy atom. The van der Waals surface area contributed by atoms with Gasteiger partial charge in [-0.2, -0.15) is 10.2 Å². The van der Waals surface area contributed by atoms with Crippen LogP contribution < -0.4 is 9.64 Å². The molecule has 1 saturated heterocycles. The number of benzene rings is 1. The second-order valence-corrected chi connectivity index (χ2v) is 6.69. The smallest absolute Gasteiger partial charge is 0.236 e. The molecule has 0 aliphatic carbocycles. The van der Waals surface area contributed by atoms with Crippen LogP contribution in [0.15, 0.2) is 33.2 Å². The van der Waals surface area contributed by atoms with Crippen molar-refractivity contribution in [3.05, 3.63) is 40.3 Å². The van der Waals surface area contributed by atoms with Gasteiger partial charge in [-0.3, -0.25) is 0 Å². The van der Waals surface area contributed by atoms with Crippen LogP contribution in [0, 0.1) is 11.3 Å². The van der Waals surface area contributed by atoms with Crippen LogP contribution >= 0.6 is 15.9 Å². The summed E-state index contributed by atoms with van der Waals surface area (Å²) in [4.78, 5) is 6.25. The molecule has 1 aromatic heterocycles. The molecule has 2 unspecified atom stereocenters. The maximum atomic E-state index is 9.33. The Morgan fingerprint density at radius 2 is 1.96 bits per heavy atom. The lowest BCUT2D eigenvalue weighted by Gasteiger charge is -2.34. The highest BCUT2D eigenvalue weighted by molar-refractivity contribution is 9.10. The monoisotopic (exact) mass is 391 g/mol. The molecule has 1 aliphatic rings. The van der Waals surface area contributed by atoms with Gasteiger partial charge >= 0.3 is 0 Å². The van der Waals surface area contributed by atoms with Crippen LogP contribution in [-0.2, 0) is 11.3 Å². The number of halogens is 1. The lowest BCUT2D eigenvalue weighted by molar-refractivity contribution is -0.00651. The number of morpholine rings is 1. The summed E-state index contributed by atoms with van der Waals surface area (Å²) < 4.78 is 18.1. The van der Waals surface area contributed by atoms with E-state index in [-0.39, 0.29) is 24.5 Å². The SMILES string of the molecule is CC1CN(c2oc(COc3ccc(Br)cc3)nc2C#N)CC(C)O1. The fourth-order valence-electron chi connectivity index (χ4n) is 2.72. The predicted molar refractivity (Wildman–Crippen MR) is 91.9 cm³/mol. The molecule has 24 heavy (non-hydrogen) atoms. The molecule has 2 atom stereocenters. The Hall–Kier alpha value is -2.04. The van der Waals surface area contributed by atoms with Gasteiger partial charge in [-0.25, -0.2) is 0 Å². The number of nitrogens with zero attached hydrogens (tertiary/aromatic N) is 3. The Kier molecular flexibility index (Phi) is 5.07. The van der Waals surface area contributed by atoms with Gasteiger partial charge in [0.2, 0.25) is 17.5 Å². The standard InChI is InChI=1S/C17H18BrN3O3/c1-11-8-21(9-12(2)23-11)17-15(7-19)20-16(24-17)10-22-14-5-3-13(18)4-6-14/h3-6,11-12H,8-10H2,1-2H3. The fourth-order valence-corrected chi connectivity index (χ4v) is 2.99. The number of oxazole rings is 1. The zero-order chi connectivity index (χ0) is 17.1. The van der Waals surface area contributed by atoms with Crippen molar-refractivity contribution >= 4 is 21.8 Å². The number of rotatable bonds is 4. The zero-order valence-corrected chi connectivity index (χ0v) is 15.1. The van der Waals surface area contributed by atoms with Crippen LogP contribution in [-0.4, -0.2) is 30.3 Å². The van der Waals surface area contributed by atoms with Gasteiger partial charge in [-0.1, -0.05) is 15.9 Å². The van der Waals surface area contributed by atoms with E-state index in [1.807, 2.05) is 43.0 Å². The van der Waals surface area contributed by atoms with E-state index in [4.69, 9.17) is 13.9 Å². The van der Waals surface area contributed by atoms with Crippen molar-refractivity contribution in [1.29, 1.82) is 5.26 Å². The lowest BCUT2D eigenvalue weighted by Crippen LogP contribution is -2.45. The summed E-state index contributed by atoms with van der Waals surface area (Å²) in [5, 5.41) is 9.33. The molecule has 0 saturated carbocycles. The highest BCUT2D eigenvalue weighted by atomic mass is 79.9. The first kappa shape index (κ1) is 16.8. The van der Waals surface area contributed by atoms with Gasteiger partial charge in [-0.05, 0) is 38.1 Å². The van der Waals surface area contributed by atoms with Gasteiger partial charge < -0.3 is 18.8 Å². The van der Waals surface area contributed by atoms with E-state index in [1.165, 1.54) is 0 Å². The van der Waals surface area contributed by atoms with Crippen molar-refractivity contribution in [2.45, 2.75) is 32.7 Å². The molecule has 1 aliphatic heterocycles. The Morgan fingerprint density at radius 3 is 2.58 bits per heavy atom. The van der Waals surface area contributed by atoms with Gasteiger partial charge in [0, 0.05) is 17.6 Å². The predicted octanol–water partition coefficient (Wildman–Crippen LogP) is 3.50. The van der Waals surface area contributed by atoms with Gasteiger partial charge in [0.05, 0.1) is 12.2 Å². The third-order valence-electron chi connectivity index (χ3n) is 3.64. The molecule has 0 radical (unpaired) electrons. The number of anilines is 1. The van der Waals surface area contributed by atoms with E-state index >= 15 is 0 Å². The molecular formula is C17H18BrN3O3. The molecule has 2 heterocycles. The normalized spacial score (nSPS) is 20.7. The summed E-state index contributed by atoms with van der Waals surface area (Å²) in [7, 11) is 0. The third kappa shape index (κ3) is 3.89. The number of hydrogen-bond donors (Lipinski definition) is 0. The van der Waals surface area contributed by atoms with Crippen LogP contribution in [0.5, 0.6) is 5.75 Å². The first-order chi connectivity index (χ1) is 11.5. The number of ether oxygens (including phenoxy) is 2. The van der Waals surface area contributed by atoms with Crippen LogP contribution in [0.3, 0.4) is 0 Å². The average Bonchev–Trinajstić information content (AvgIpc) is 2.97. The molecule has 126 valence electrons. The number of hydrogen-bond acceptors (Lipinski definition) is 6. The summed E-state index contributed by atoms with van der Waals surface area (Å²) in [6, 6.07) is 9.60. The van der Waals surface area contributed by atoms with Crippen LogP contribution in [0.4, 0.5) is 5.88 Å². The number of nitriles is 1. The van der Waals surface area contributed by atoms with Crippen LogP contribution in [0.1, 0.15) is 25.4 Å². The van der Waals surface area contributed by atoms with E-state index in [9.17, 15) is 5.26 Å². The summed E-state index contributed by atoms with van der Waals surface area (Å²) in [5.41, 5.74) is 0.283. The zero-order valence-electron chi connectivity index (χ0n) is 13.5. The Balaban J connectivity index is 1.73. The largest absolute Gasteiger partial charge is 0.484 e. The highest BCUT2D eigenvalue weighted by Gasteiger charge is 2.27. The van der Waals surface area contributed by atoms with E-state index in [1.54, 1.807) is 0 Å². The van der Waals surface area contributed by atoms with Crippen molar-refractivity contribution in [2.75, 3.05) is 18.0 Å². The topological polar surface area (TPSA) is 71.5 Å². The van der Waals surface area contributed by atoms with Crippen LogP contribution in [0.2, 0.25) is 0 Å².